The summed E-state index contributed by atoms with van der Waals surface area (Å²) in [5.41, 5.74) is 2.40. The van der Waals surface area contributed by atoms with Crippen LogP contribution < -0.4 is 4.74 Å². The SMILES string of the molecule is CC(Cn1cnnn1)Oc1cncc(-c2ccc3ncc(Br)n3n2)c1. The molecule has 0 bridgehead atoms. The highest BCUT2D eigenvalue weighted by Crippen LogP contribution is 2.23. The molecule has 1 unspecified atom stereocenters. The summed E-state index contributed by atoms with van der Waals surface area (Å²) in [6.07, 6.45) is 6.57. The number of pyridine rings is 1. The lowest BCUT2D eigenvalue weighted by Gasteiger charge is -2.14. The highest BCUT2D eigenvalue weighted by atomic mass is 79.9. The summed E-state index contributed by atoms with van der Waals surface area (Å²) < 4.78 is 10.0. The first-order valence-corrected chi connectivity index (χ1v) is 8.31. The van der Waals surface area contributed by atoms with E-state index < -0.39 is 0 Å². The fourth-order valence-electron chi connectivity index (χ4n) is 2.42. The number of hydrogen-bond acceptors (Lipinski definition) is 7. The Labute approximate surface area is 150 Å². The predicted octanol–water partition coefficient (Wildman–Crippen LogP) is 2.01. The van der Waals surface area contributed by atoms with Crippen molar-refractivity contribution in [2.45, 2.75) is 19.6 Å². The van der Waals surface area contributed by atoms with Crippen molar-refractivity contribution in [3.63, 3.8) is 0 Å². The van der Waals surface area contributed by atoms with Crippen molar-refractivity contribution in [2.24, 2.45) is 0 Å². The van der Waals surface area contributed by atoms with Gasteiger partial charge < -0.3 is 4.74 Å². The highest BCUT2D eigenvalue weighted by Gasteiger charge is 2.10. The zero-order valence-electron chi connectivity index (χ0n) is 13.2. The molecule has 0 spiro atoms. The Bertz CT molecular complexity index is 1000. The second kappa shape index (κ2) is 6.55. The Kier molecular flexibility index (Phi) is 4.10. The van der Waals surface area contributed by atoms with E-state index >= 15 is 0 Å². The van der Waals surface area contributed by atoms with E-state index in [9.17, 15) is 0 Å². The van der Waals surface area contributed by atoms with Crippen LogP contribution in [0.2, 0.25) is 0 Å². The molecule has 0 aromatic carbocycles. The van der Waals surface area contributed by atoms with Gasteiger partial charge in [0.2, 0.25) is 0 Å². The molecule has 4 heterocycles. The van der Waals surface area contributed by atoms with Crippen LogP contribution in [0, 0.1) is 0 Å². The molecule has 0 aliphatic carbocycles. The second-order valence-electron chi connectivity index (χ2n) is 5.44. The van der Waals surface area contributed by atoms with Gasteiger partial charge >= 0.3 is 0 Å². The Balaban J connectivity index is 1.56. The number of ether oxygens (including phenoxy) is 1. The third kappa shape index (κ3) is 3.33. The van der Waals surface area contributed by atoms with Gasteiger partial charge in [-0.3, -0.25) is 4.98 Å². The fourth-order valence-corrected chi connectivity index (χ4v) is 2.78. The molecule has 0 saturated heterocycles. The lowest BCUT2D eigenvalue weighted by Crippen LogP contribution is -2.20. The van der Waals surface area contributed by atoms with Gasteiger partial charge in [-0.2, -0.15) is 5.10 Å². The van der Waals surface area contributed by atoms with Crippen molar-refractivity contribution < 1.29 is 4.74 Å². The van der Waals surface area contributed by atoms with Crippen LogP contribution in [0.5, 0.6) is 5.75 Å². The molecule has 4 aromatic rings. The second-order valence-corrected chi connectivity index (χ2v) is 6.25. The number of tetrazole rings is 1. The van der Waals surface area contributed by atoms with E-state index in [2.05, 4.69) is 46.5 Å². The van der Waals surface area contributed by atoms with Crippen molar-refractivity contribution >= 4 is 21.6 Å². The van der Waals surface area contributed by atoms with Gasteiger partial charge in [-0.05, 0) is 51.5 Å². The summed E-state index contributed by atoms with van der Waals surface area (Å²) in [7, 11) is 0. The number of aromatic nitrogens is 8. The normalized spacial score (nSPS) is 12.4. The van der Waals surface area contributed by atoms with Gasteiger partial charge in [-0.1, -0.05) is 0 Å². The zero-order chi connectivity index (χ0) is 17.2. The molecule has 4 aromatic heterocycles. The highest BCUT2D eigenvalue weighted by molar-refractivity contribution is 9.10. The monoisotopic (exact) mass is 400 g/mol. The van der Waals surface area contributed by atoms with Gasteiger partial charge in [-0.15, -0.1) is 5.10 Å². The van der Waals surface area contributed by atoms with Crippen molar-refractivity contribution in [3.8, 4) is 17.0 Å². The van der Waals surface area contributed by atoms with Gasteiger partial charge in [0.25, 0.3) is 0 Å². The predicted molar refractivity (Wildman–Crippen MR) is 91.8 cm³/mol. The topological polar surface area (TPSA) is 95.9 Å². The van der Waals surface area contributed by atoms with Crippen LogP contribution in [0.15, 0.2) is 47.7 Å². The molecule has 0 N–H and O–H groups in total. The summed E-state index contributed by atoms with van der Waals surface area (Å²) >= 11 is 3.43. The average molecular weight is 401 g/mol. The third-order valence-corrected chi connectivity index (χ3v) is 4.04. The first-order chi connectivity index (χ1) is 12.2. The molecular formula is C15H13BrN8O. The molecule has 9 nitrogen and oxygen atoms in total. The number of hydrogen-bond donors (Lipinski definition) is 0. The summed E-state index contributed by atoms with van der Waals surface area (Å²) in [5, 5.41) is 15.6. The lowest BCUT2D eigenvalue weighted by molar-refractivity contribution is 0.192. The van der Waals surface area contributed by atoms with Gasteiger partial charge in [0, 0.05) is 11.8 Å². The fraction of sp³-hybridized carbons (Fsp3) is 0.200. The van der Waals surface area contributed by atoms with Crippen LogP contribution in [0.3, 0.4) is 0 Å². The van der Waals surface area contributed by atoms with E-state index in [4.69, 9.17) is 4.74 Å². The van der Waals surface area contributed by atoms with Gasteiger partial charge in [0.05, 0.1) is 24.6 Å². The molecule has 0 aliphatic heterocycles. The first kappa shape index (κ1) is 15.6. The summed E-state index contributed by atoms with van der Waals surface area (Å²) in [4.78, 5) is 8.49. The van der Waals surface area contributed by atoms with E-state index in [1.165, 1.54) is 0 Å². The van der Waals surface area contributed by atoms with Crippen molar-refractivity contribution in [1.82, 2.24) is 39.8 Å². The lowest BCUT2D eigenvalue weighted by atomic mass is 10.2. The van der Waals surface area contributed by atoms with Crippen molar-refractivity contribution in [2.75, 3.05) is 0 Å². The summed E-state index contributed by atoms with van der Waals surface area (Å²) in [6.45, 7) is 2.49. The minimum atomic E-state index is -0.112. The summed E-state index contributed by atoms with van der Waals surface area (Å²) in [6, 6.07) is 5.71. The van der Waals surface area contributed by atoms with Crippen LogP contribution in [-0.4, -0.2) is 45.9 Å². The molecule has 126 valence electrons. The summed E-state index contributed by atoms with van der Waals surface area (Å²) in [5.74, 6) is 0.657. The van der Waals surface area contributed by atoms with Gasteiger partial charge in [0.15, 0.2) is 5.65 Å². The molecule has 0 radical (unpaired) electrons. The molecule has 0 saturated carbocycles. The molecule has 1 atom stereocenters. The molecule has 10 heteroatoms. The standard InChI is InChI=1S/C15H13BrN8O/c1-10(8-23-9-19-21-22-23)25-12-4-11(5-17-6-12)13-2-3-15-18-7-14(16)24(15)20-13/h2-7,9-10H,8H2,1H3. The Hall–Kier alpha value is -2.88. The molecular weight excluding hydrogens is 388 g/mol. The van der Waals surface area contributed by atoms with E-state index in [0.29, 0.717) is 12.3 Å². The van der Waals surface area contributed by atoms with Crippen LogP contribution in [-0.2, 0) is 6.54 Å². The Morgan fingerprint density at radius 3 is 3.00 bits per heavy atom. The molecule has 0 aliphatic rings. The molecule has 25 heavy (non-hydrogen) atoms. The molecule has 4 rings (SSSR count). The van der Waals surface area contributed by atoms with Crippen LogP contribution in [0.1, 0.15) is 6.92 Å². The quantitative estimate of drug-likeness (QED) is 0.505. The molecule has 0 amide bonds. The van der Waals surface area contributed by atoms with Crippen molar-refractivity contribution in [3.05, 3.63) is 47.7 Å². The maximum Gasteiger partial charge on any atom is 0.154 e. The number of fused-ring (bicyclic) bond motifs is 1. The maximum atomic E-state index is 5.91. The number of rotatable bonds is 5. The van der Waals surface area contributed by atoms with E-state index in [-0.39, 0.29) is 6.10 Å². The number of nitrogens with zero attached hydrogens (tertiary/aromatic N) is 8. The minimum absolute atomic E-state index is 0.112. The van der Waals surface area contributed by atoms with Gasteiger partial charge in [-0.25, -0.2) is 14.2 Å². The first-order valence-electron chi connectivity index (χ1n) is 7.52. The maximum absolute atomic E-state index is 5.91. The number of imidazole rings is 1. The number of halogens is 1. The van der Waals surface area contributed by atoms with E-state index in [1.54, 1.807) is 34.1 Å². The van der Waals surface area contributed by atoms with E-state index in [1.807, 2.05) is 25.1 Å². The van der Waals surface area contributed by atoms with Gasteiger partial charge in [0.1, 0.15) is 22.8 Å². The smallest absolute Gasteiger partial charge is 0.154 e. The van der Waals surface area contributed by atoms with Crippen LogP contribution in [0.25, 0.3) is 16.9 Å². The van der Waals surface area contributed by atoms with E-state index in [0.717, 1.165) is 21.5 Å². The largest absolute Gasteiger partial charge is 0.487 e. The van der Waals surface area contributed by atoms with Crippen molar-refractivity contribution in [1.29, 1.82) is 0 Å². The Morgan fingerprint density at radius 2 is 2.16 bits per heavy atom. The average Bonchev–Trinajstić information content (AvgIpc) is 3.25. The Morgan fingerprint density at radius 1 is 1.24 bits per heavy atom. The van der Waals surface area contributed by atoms with Crippen LogP contribution in [0.4, 0.5) is 0 Å². The molecule has 0 fully saturated rings. The van der Waals surface area contributed by atoms with Crippen LogP contribution >= 0.6 is 15.9 Å². The zero-order valence-corrected chi connectivity index (χ0v) is 14.8. The minimum Gasteiger partial charge on any atom is -0.487 e. The third-order valence-electron chi connectivity index (χ3n) is 3.50.